The number of rotatable bonds is 3. The number of benzene rings is 1. The van der Waals surface area contributed by atoms with Crippen LogP contribution in [-0.2, 0) is 23.9 Å². The summed E-state index contributed by atoms with van der Waals surface area (Å²) in [6.45, 7) is 9.01. The lowest BCUT2D eigenvalue weighted by Gasteiger charge is -1.90. The van der Waals surface area contributed by atoms with Gasteiger partial charge in [0.1, 0.15) is 0 Å². The molecule has 0 amide bonds. The first-order valence-electron chi connectivity index (χ1n) is 6.44. The Morgan fingerprint density at radius 1 is 1.14 bits per heavy atom. The highest BCUT2D eigenvalue weighted by atomic mass is 16.6. The van der Waals surface area contributed by atoms with Crippen LogP contribution in [0.15, 0.2) is 61.7 Å². The largest absolute Gasteiger partial charge is 0.463 e. The Morgan fingerprint density at radius 3 is 1.91 bits per heavy atom. The summed E-state index contributed by atoms with van der Waals surface area (Å²) >= 11 is 0. The van der Waals surface area contributed by atoms with E-state index in [9.17, 15) is 14.4 Å². The van der Waals surface area contributed by atoms with Crippen molar-refractivity contribution in [3.05, 3.63) is 67.3 Å². The molecular formula is C17H18O5. The van der Waals surface area contributed by atoms with Gasteiger partial charge in [-0.25, -0.2) is 14.4 Å². The summed E-state index contributed by atoms with van der Waals surface area (Å²) in [4.78, 5) is 29.9. The van der Waals surface area contributed by atoms with Crippen LogP contribution in [0, 0.1) is 0 Å². The van der Waals surface area contributed by atoms with Crippen molar-refractivity contribution in [3.8, 4) is 0 Å². The highest BCUT2D eigenvalue weighted by Crippen LogP contribution is 1.97. The molecule has 0 aliphatic carbocycles. The van der Waals surface area contributed by atoms with E-state index in [2.05, 4.69) is 22.6 Å². The zero-order chi connectivity index (χ0) is 16.8. The van der Waals surface area contributed by atoms with Crippen LogP contribution in [0.3, 0.4) is 0 Å². The monoisotopic (exact) mass is 302 g/mol. The van der Waals surface area contributed by atoms with Gasteiger partial charge in [-0.2, -0.15) is 0 Å². The molecule has 1 aromatic rings. The zero-order valence-corrected chi connectivity index (χ0v) is 12.4. The van der Waals surface area contributed by atoms with Crippen molar-refractivity contribution >= 4 is 24.0 Å². The molecule has 1 aliphatic rings. The summed E-state index contributed by atoms with van der Waals surface area (Å²) < 4.78 is 8.41. The number of hydrogen-bond donors (Lipinski definition) is 0. The lowest BCUT2D eigenvalue weighted by molar-refractivity contribution is -0.150. The van der Waals surface area contributed by atoms with Crippen molar-refractivity contribution in [1.29, 1.82) is 0 Å². The maximum Gasteiger partial charge on any atom is 0.338 e. The van der Waals surface area contributed by atoms with Crippen LogP contribution >= 0.6 is 0 Å². The predicted octanol–water partition coefficient (Wildman–Crippen LogP) is 2.69. The molecule has 0 N–H and O–H groups in total. The minimum Gasteiger partial charge on any atom is -0.463 e. The van der Waals surface area contributed by atoms with Crippen molar-refractivity contribution in [1.82, 2.24) is 0 Å². The predicted molar refractivity (Wildman–Crippen MR) is 83.6 cm³/mol. The second-order valence-corrected chi connectivity index (χ2v) is 3.64. The number of carbonyl (C=O) groups is 3. The van der Waals surface area contributed by atoms with Gasteiger partial charge in [0.05, 0.1) is 6.61 Å². The first kappa shape index (κ1) is 19.1. The number of cyclic esters (lactones) is 2. The van der Waals surface area contributed by atoms with Gasteiger partial charge in [0, 0.05) is 18.2 Å². The van der Waals surface area contributed by atoms with Gasteiger partial charge in [-0.05, 0) is 12.5 Å². The molecule has 0 unspecified atom stereocenters. The Morgan fingerprint density at radius 2 is 1.68 bits per heavy atom. The minimum absolute atomic E-state index is 0.359. The SMILES string of the molecule is C=CC(=O)OCC.C=Cc1ccccc1.O=C1C=CC(=O)O1. The van der Waals surface area contributed by atoms with Crippen LogP contribution in [-0.4, -0.2) is 24.5 Å². The quantitative estimate of drug-likeness (QED) is 0.488. The number of hydrogen-bond acceptors (Lipinski definition) is 5. The average molecular weight is 302 g/mol. The molecular weight excluding hydrogens is 284 g/mol. The van der Waals surface area contributed by atoms with Gasteiger partial charge in [-0.15, -0.1) is 0 Å². The van der Waals surface area contributed by atoms with E-state index in [1.165, 1.54) is 5.56 Å². The molecule has 0 radical (unpaired) electrons. The van der Waals surface area contributed by atoms with Gasteiger partial charge in [-0.3, -0.25) is 0 Å². The van der Waals surface area contributed by atoms with Crippen molar-refractivity contribution in [2.75, 3.05) is 6.61 Å². The molecule has 5 nitrogen and oxygen atoms in total. The maximum atomic E-state index is 10.1. The van der Waals surface area contributed by atoms with Gasteiger partial charge < -0.3 is 9.47 Å². The maximum absolute atomic E-state index is 10.1. The van der Waals surface area contributed by atoms with E-state index in [1.54, 1.807) is 6.92 Å². The van der Waals surface area contributed by atoms with E-state index in [4.69, 9.17) is 0 Å². The fourth-order valence-corrected chi connectivity index (χ4v) is 1.09. The molecule has 0 saturated carbocycles. The first-order valence-corrected chi connectivity index (χ1v) is 6.44. The summed E-state index contributed by atoms with van der Waals surface area (Å²) in [7, 11) is 0. The van der Waals surface area contributed by atoms with Gasteiger partial charge in [-0.1, -0.05) is 49.6 Å². The van der Waals surface area contributed by atoms with Gasteiger partial charge in [0.15, 0.2) is 0 Å². The summed E-state index contributed by atoms with van der Waals surface area (Å²) in [6.07, 6.45) is 5.15. The minimum atomic E-state index is -0.579. The molecule has 0 bridgehead atoms. The average Bonchev–Trinajstić information content (AvgIpc) is 2.92. The third-order valence-electron chi connectivity index (χ3n) is 2.05. The number of carbonyl (C=O) groups excluding carboxylic acids is 3. The van der Waals surface area contributed by atoms with Crippen LogP contribution in [0.4, 0.5) is 0 Å². The van der Waals surface area contributed by atoms with Crippen molar-refractivity contribution in [3.63, 3.8) is 0 Å². The molecule has 2 rings (SSSR count). The molecule has 5 heteroatoms. The molecule has 0 atom stereocenters. The van der Waals surface area contributed by atoms with E-state index in [-0.39, 0.29) is 5.97 Å². The van der Waals surface area contributed by atoms with E-state index in [1.807, 2.05) is 36.4 Å². The van der Waals surface area contributed by atoms with Crippen molar-refractivity contribution < 1.29 is 23.9 Å². The fourth-order valence-electron chi connectivity index (χ4n) is 1.09. The lowest BCUT2D eigenvalue weighted by Crippen LogP contribution is -1.97. The Bertz CT molecular complexity index is 527. The molecule has 1 aliphatic heterocycles. The third-order valence-corrected chi connectivity index (χ3v) is 2.05. The third kappa shape index (κ3) is 9.91. The molecule has 1 heterocycles. The van der Waals surface area contributed by atoms with Crippen LogP contribution < -0.4 is 0 Å². The van der Waals surface area contributed by atoms with Crippen molar-refractivity contribution in [2.24, 2.45) is 0 Å². The smallest absolute Gasteiger partial charge is 0.338 e. The molecule has 0 spiro atoms. The van der Waals surface area contributed by atoms with Crippen LogP contribution in [0.1, 0.15) is 12.5 Å². The molecule has 116 valence electrons. The fraction of sp³-hybridized carbons (Fsp3) is 0.118. The molecule has 0 aromatic heterocycles. The summed E-state index contributed by atoms with van der Waals surface area (Å²) in [5.74, 6) is -1.52. The second-order valence-electron chi connectivity index (χ2n) is 3.64. The van der Waals surface area contributed by atoms with Crippen LogP contribution in [0.2, 0.25) is 0 Å². The Kier molecular flexibility index (Phi) is 10.3. The molecule has 0 fully saturated rings. The van der Waals surface area contributed by atoms with Gasteiger partial charge in [0.25, 0.3) is 0 Å². The Labute approximate surface area is 129 Å². The highest BCUT2D eigenvalue weighted by molar-refractivity contribution is 6.04. The summed E-state index contributed by atoms with van der Waals surface area (Å²) in [6, 6.07) is 10.0. The van der Waals surface area contributed by atoms with E-state index in [0.29, 0.717) is 6.61 Å². The van der Waals surface area contributed by atoms with E-state index >= 15 is 0 Å². The standard InChI is InChI=1S/C8H8.C5H8O2.C4H2O3/c1-2-8-6-4-3-5-7-8;1-3-5(6)7-4-2;5-3-1-2-4(6)7-3/h2-7H,1H2;3H,1,4H2,2H3;1-2H. The zero-order valence-electron chi connectivity index (χ0n) is 12.4. The Hall–Kier alpha value is -2.95. The first-order chi connectivity index (χ1) is 10.5. The number of esters is 3. The van der Waals surface area contributed by atoms with E-state index in [0.717, 1.165) is 18.2 Å². The van der Waals surface area contributed by atoms with Crippen LogP contribution in [0.5, 0.6) is 0 Å². The number of ether oxygens (including phenoxy) is 2. The second kappa shape index (κ2) is 11.8. The van der Waals surface area contributed by atoms with E-state index < -0.39 is 11.9 Å². The van der Waals surface area contributed by atoms with Crippen molar-refractivity contribution in [2.45, 2.75) is 6.92 Å². The molecule has 1 aromatic carbocycles. The van der Waals surface area contributed by atoms with Gasteiger partial charge in [0.2, 0.25) is 0 Å². The van der Waals surface area contributed by atoms with Crippen LogP contribution in [0.25, 0.3) is 6.08 Å². The Balaban J connectivity index is 0.000000302. The molecule has 22 heavy (non-hydrogen) atoms. The molecule has 0 saturated heterocycles. The van der Waals surface area contributed by atoms with Gasteiger partial charge >= 0.3 is 17.9 Å². The topological polar surface area (TPSA) is 69.7 Å². The highest BCUT2D eigenvalue weighted by Gasteiger charge is 2.10. The normalized spacial score (nSPS) is 11.1. The summed E-state index contributed by atoms with van der Waals surface area (Å²) in [5, 5.41) is 0. The lowest BCUT2D eigenvalue weighted by atomic mass is 10.2. The summed E-state index contributed by atoms with van der Waals surface area (Å²) in [5.41, 5.74) is 1.17.